The molecule has 0 aliphatic carbocycles. The third-order valence-corrected chi connectivity index (χ3v) is 3.10. The van der Waals surface area contributed by atoms with Gasteiger partial charge in [0.15, 0.2) is 0 Å². The first kappa shape index (κ1) is 9.30. The molecule has 0 bridgehead atoms. The van der Waals surface area contributed by atoms with Crippen LogP contribution in [0.4, 0.5) is 5.82 Å². The predicted octanol–water partition coefficient (Wildman–Crippen LogP) is 2.94. The van der Waals surface area contributed by atoms with E-state index >= 15 is 0 Å². The Morgan fingerprint density at radius 1 is 1.06 bits per heavy atom. The van der Waals surface area contributed by atoms with Gasteiger partial charge in [-0.25, -0.2) is 4.98 Å². The Balaban J connectivity index is 2.20. The average molecular weight is 227 g/mol. The molecule has 2 heterocycles. The molecule has 78 valence electrons. The summed E-state index contributed by atoms with van der Waals surface area (Å²) in [6, 6.07) is 8.12. The van der Waals surface area contributed by atoms with Crippen molar-refractivity contribution < 1.29 is 0 Å². The molecular weight excluding hydrogens is 218 g/mol. The lowest BCUT2D eigenvalue weighted by atomic mass is 10.1. The van der Waals surface area contributed by atoms with Gasteiger partial charge in [-0.05, 0) is 40.1 Å². The number of anilines is 1. The number of aromatic nitrogens is 2. The first-order chi connectivity index (χ1) is 7.83. The van der Waals surface area contributed by atoms with Crippen LogP contribution in [0.2, 0.25) is 0 Å². The van der Waals surface area contributed by atoms with Crippen LogP contribution in [-0.4, -0.2) is 9.97 Å². The number of nitrogens with two attached hydrogens (primary N) is 1. The molecule has 0 aliphatic heterocycles. The van der Waals surface area contributed by atoms with E-state index in [9.17, 15) is 0 Å². The van der Waals surface area contributed by atoms with Gasteiger partial charge in [-0.15, -0.1) is 0 Å². The highest BCUT2D eigenvalue weighted by molar-refractivity contribution is 7.08. The number of benzene rings is 1. The minimum absolute atomic E-state index is 0.454. The molecule has 0 unspecified atom stereocenters. The van der Waals surface area contributed by atoms with Crippen molar-refractivity contribution in [2.75, 3.05) is 5.73 Å². The monoisotopic (exact) mass is 227 g/mol. The molecule has 3 aromatic rings. The van der Waals surface area contributed by atoms with Crippen molar-refractivity contribution in [3.8, 4) is 11.1 Å². The fourth-order valence-corrected chi connectivity index (χ4v) is 2.30. The number of nitrogens with zero attached hydrogens (tertiary/aromatic N) is 2. The summed E-state index contributed by atoms with van der Waals surface area (Å²) in [7, 11) is 0. The highest BCUT2D eigenvalue weighted by Crippen LogP contribution is 2.24. The molecule has 0 saturated heterocycles. The van der Waals surface area contributed by atoms with Gasteiger partial charge in [0.1, 0.15) is 5.82 Å². The minimum Gasteiger partial charge on any atom is -0.382 e. The van der Waals surface area contributed by atoms with E-state index in [1.165, 1.54) is 5.56 Å². The van der Waals surface area contributed by atoms with Crippen LogP contribution < -0.4 is 5.73 Å². The molecule has 3 rings (SSSR count). The smallest absolute Gasteiger partial charge is 0.142 e. The third-order valence-electron chi connectivity index (χ3n) is 2.42. The summed E-state index contributed by atoms with van der Waals surface area (Å²) < 4.78 is 0. The minimum atomic E-state index is 0.454. The third kappa shape index (κ3) is 1.53. The van der Waals surface area contributed by atoms with E-state index < -0.39 is 0 Å². The van der Waals surface area contributed by atoms with Crippen molar-refractivity contribution in [2.45, 2.75) is 0 Å². The molecule has 2 aromatic heterocycles. The van der Waals surface area contributed by atoms with E-state index in [1.807, 2.05) is 18.2 Å². The standard InChI is InChI=1S/C12H9N3S/c13-12-6-14-11-5-8(1-2-10(11)15-12)9-3-4-16-7-9/h1-7H,(H2,13,15). The molecular formula is C12H9N3S. The van der Waals surface area contributed by atoms with E-state index in [1.54, 1.807) is 17.5 Å². The van der Waals surface area contributed by atoms with E-state index in [2.05, 4.69) is 26.8 Å². The summed E-state index contributed by atoms with van der Waals surface area (Å²) in [5.41, 5.74) is 9.66. The molecule has 0 saturated carbocycles. The van der Waals surface area contributed by atoms with Gasteiger partial charge in [0.2, 0.25) is 0 Å². The highest BCUT2D eigenvalue weighted by Gasteiger charge is 2.02. The summed E-state index contributed by atoms with van der Waals surface area (Å²) in [4.78, 5) is 8.48. The molecule has 4 heteroatoms. The summed E-state index contributed by atoms with van der Waals surface area (Å²) >= 11 is 1.69. The molecule has 0 spiro atoms. The number of fused-ring (bicyclic) bond motifs is 1. The van der Waals surface area contributed by atoms with Crippen LogP contribution in [0, 0.1) is 0 Å². The average Bonchev–Trinajstić information content (AvgIpc) is 2.82. The second-order valence-corrected chi connectivity index (χ2v) is 4.29. The second kappa shape index (κ2) is 3.57. The van der Waals surface area contributed by atoms with Crippen molar-refractivity contribution in [3.63, 3.8) is 0 Å². The molecule has 0 atom stereocenters. The first-order valence-electron chi connectivity index (χ1n) is 4.88. The maximum atomic E-state index is 5.58. The Labute approximate surface area is 96.6 Å². The lowest BCUT2D eigenvalue weighted by Gasteiger charge is -2.01. The Morgan fingerprint density at radius 3 is 2.81 bits per heavy atom. The molecule has 0 amide bonds. The van der Waals surface area contributed by atoms with Crippen molar-refractivity contribution in [1.29, 1.82) is 0 Å². The maximum absolute atomic E-state index is 5.58. The molecule has 0 aliphatic rings. The maximum Gasteiger partial charge on any atom is 0.142 e. The van der Waals surface area contributed by atoms with Gasteiger partial charge in [-0.2, -0.15) is 11.3 Å². The van der Waals surface area contributed by atoms with Crippen molar-refractivity contribution in [2.24, 2.45) is 0 Å². The highest BCUT2D eigenvalue weighted by atomic mass is 32.1. The largest absolute Gasteiger partial charge is 0.382 e. The Kier molecular flexibility index (Phi) is 2.08. The summed E-state index contributed by atoms with van der Waals surface area (Å²) in [5, 5.41) is 4.18. The number of rotatable bonds is 1. The fourth-order valence-electron chi connectivity index (χ4n) is 1.63. The first-order valence-corrected chi connectivity index (χ1v) is 5.82. The van der Waals surface area contributed by atoms with Gasteiger partial charge in [0.05, 0.1) is 17.2 Å². The Morgan fingerprint density at radius 2 is 2.00 bits per heavy atom. The lowest BCUT2D eigenvalue weighted by Crippen LogP contribution is -1.92. The summed E-state index contributed by atoms with van der Waals surface area (Å²) in [6.45, 7) is 0. The van der Waals surface area contributed by atoms with Crippen LogP contribution >= 0.6 is 11.3 Å². The normalized spacial score (nSPS) is 10.8. The SMILES string of the molecule is Nc1cnc2cc(-c3ccsc3)ccc2n1. The lowest BCUT2D eigenvalue weighted by molar-refractivity contribution is 1.30. The van der Waals surface area contributed by atoms with Crippen molar-refractivity contribution in [3.05, 3.63) is 41.2 Å². The van der Waals surface area contributed by atoms with Crippen LogP contribution in [0.1, 0.15) is 0 Å². The Bertz CT molecular complexity index is 632. The van der Waals surface area contributed by atoms with Gasteiger partial charge < -0.3 is 5.73 Å². The van der Waals surface area contributed by atoms with Gasteiger partial charge >= 0.3 is 0 Å². The molecule has 0 radical (unpaired) electrons. The molecule has 16 heavy (non-hydrogen) atoms. The van der Waals surface area contributed by atoms with Crippen molar-refractivity contribution >= 4 is 28.2 Å². The van der Waals surface area contributed by atoms with E-state index in [0.29, 0.717) is 5.82 Å². The fraction of sp³-hybridized carbons (Fsp3) is 0. The topological polar surface area (TPSA) is 51.8 Å². The number of hydrogen-bond acceptors (Lipinski definition) is 4. The van der Waals surface area contributed by atoms with Crippen LogP contribution in [0.5, 0.6) is 0 Å². The zero-order valence-corrected chi connectivity index (χ0v) is 9.24. The van der Waals surface area contributed by atoms with Crippen LogP contribution in [-0.2, 0) is 0 Å². The quantitative estimate of drug-likeness (QED) is 0.695. The Hall–Kier alpha value is -1.94. The molecule has 2 N–H and O–H groups in total. The number of nitrogen functional groups attached to an aromatic ring is 1. The summed E-state index contributed by atoms with van der Waals surface area (Å²) in [5.74, 6) is 0.454. The van der Waals surface area contributed by atoms with Crippen LogP contribution in [0.3, 0.4) is 0 Å². The van der Waals surface area contributed by atoms with E-state index in [-0.39, 0.29) is 0 Å². The molecule has 1 aromatic carbocycles. The van der Waals surface area contributed by atoms with Crippen LogP contribution in [0.25, 0.3) is 22.2 Å². The molecule has 0 fully saturated rings. The van der Waals surface area contributed by atoms with Gasteiger partial charge in [-0.1, -0.05) is 6.07 Å². The van der Waals surface area contributed by atoms with Gasteiger partial charge in [-0.3, -0.25) is 4.98 Å². The van der Waals surface area contributed by atoms with E-state index in [4.69, 9.17) is 5.73 Å². The number of thiophene rings is 1. The predicted molar refractivity (Wildman–Crippen MR) is 67.3 cm³/mol. The van der Waals surface area contributed by atoms with E-state index in [0.717, 1.165) is 16.6 Å². The molecule has 3 nitrogen and oxygen atoms in total. The number of hydrogen-bond donors (Lipinski definition) is 1. The van der Waals surface area contributed by atoms with Gasteiger partial charge in [0, 0.05) is 0 Å². The second-order valence-electron chi connectivity index (χ2n) is 3.51. The zero-order chi connectivity index (χ0) is 11.0. The van der Waals surface area contributed by atoms with Crippen LogP contribution in [0.15, 0.2) is 41.2 Å². The van der Waals surface area contributed by atoms with Gasteiger partial charge in [0.25, 0.3) is 0 Å². The zero-order valence-electron chi connectivity index (χ0n) is 8.42. The van der Waals surface area contributed by atoms with Crippen molar-refractivity contribution in [1.82, 2.24) is 9.97 Å². The summed E-state index contributed by atoms with van der Waals surface area (Å²) in [6.07, 6.45) is 1.58.